The first-order valence-electron chi connectivity index (χ1n) is 21.3. The minimum Gasteiger partial charge on any atom is -0.453 e. The van der Waals surface area contributed by atoms with E-state index in [0.717, 1.165) is 45.4 Å². The zero-order valence-corrected chi connectivity index (χ0v) is 33.7. The predicted molar refractivity (Wildman–Crippen MR) is 256 cm³/mol. The average molecular weight is 791 g/mol. The van der Waals surface area contributed by atoms with Gasteiger partial charge in [-0.15, -0.1) is 0 Å². The lowest BCUT2D eigenvalue weighted by Crippen LogP contribution is -2.28. The minimum absolute atomic E-state index is 0.452. The van der Waals surface area contributed by atoms with Crippen LogP contribution in [0.5, 0.6) is 11.5 Å². The molecular weight excluding hydrogens is 753 g/mol. The number of nitrogens with zero attached hydrogens (tertiary/aromatic N) is 2. The SMILES string of the molecule is c1ccc(N2c3ccccc3Oc3cc(-c4ccc5c(c4)c4ccccc4n5-c4ccc5ccc6c(c5c4)-c4ccccc4C6(c4ccccc4)c4ccccc4)ccc32)cc1. The van der Waals surface area contributed by atoms with Crippen LogP contribution in [0.4, 0.5) is 17.1 Å². The average Bonchev–Trinajstić information content (AvgIpc) is 3.84. The van der Waals surface area contributed by atoms with Gasteiger partial charge in [-0.25, -0.2) is 0 Å². The molecule has 0 bridgehead atoms. The van der Waals surface area contributed by atoms with E-state index in [2.05, 4.69) is 228 Å². The summed E-state index contributed by atoms with van der Waals surface area (Å²) in [6.45, 7) is 0. The number of rotatable bonds is 5. The topological polar surface area (TPSA) is 17.4 Å². The highest BCUT2D eigenvalue weighted by Crippen LogP contribution is 2.58. The number of fused-ring (bicyclic) bond motifs is 10. The number of aromatic nitrogens is 1. The zero-order chi connectivity index (χ0) is 40.8. The molecule has 0 amide bonds. The van der Waals surface area contributed by atoms with Gasteiger partial charge in [0.1, 0.15) is 0 Å². The van der Waals surface area contributed by atoms with E-state index in [1.54, 1.807) is 0 Å². The highest BCUT2D eigenvalue weighted by Gasteiger charge is 2.46. The van der Waals surface area contributed by atoms with Gasteiger partial charge in [0, 0.05) is 22.1 Å². The molecule has 13 rings (SSSR count). The second-order valence-electron chi connectivity index (χ2n) is 16.4. The van der Waals surface area contributed by atoms with E-state index >= 15 is 0 Å². The van der Waals surface area contributed by atoms with E-state index in [9.17, 15) is 0 Å². The minimum atomic E-state index is -0.452. The predicted octanol–water partition coefficient (Wildman–Crippen LogP) is 15.5. The van der Waals surface area contributed by atoms with Gasteiger partial charge in [0.25, 0.3) is 0 Å². The molecule has 0 saturated carbocycles. The van der Waals surface area contributed by atoms with E-state index in [4.69, 9.17) is 4.74 Å². The van der Waals surface area contributed by atoms with Crippen LogP contribution in [0.3, 0.4) is 0 Å². The van der Waals surface area contributed by atoms with Gasteiger partial charge >= 0.3 is 0 Å². The molecule has 1 aliphatic heterocycles. The summed E-state index contributed by atoms with van der Waals surface area (Å²) in [6.07, 6.45) is 0. The van der Waals surface area contributed by atoms with Gasteiger partial charge in [-0.3, -0.25) is 0 Å². The summed E-state index contributed by atoms with van der Waals surface area (Å²) >= 11 is 0. The number of hydrogen-bond acceptors (Lipinski definition) is 2. The highest BCUT2D eigenvalue weighted by atomic mass is 16.5. The molecule has 0 unspecified atom stereocenters. The summed E-state index contributed by atoms with van der Waals surface area (Å²) in [5.41, 5.74) is 16.2. The van der Waals surface area contributed by atoms with Crippen molar-refractivity contribution < 1.29 is 4.74 Å². The molecule has 0 atom stereocenters. The van der Waals surface area contributed by atoms with E-state index < -0.39 is 5.41 Å². The Hall–Kier alpha value is -8.14. The Balaban J connectivity index is 0.980. The molecule has 3 nitrogen and oxygen atoms in total. The summed E-state index contributed by atoms with van der Waals surface area (Å²) in [4.78, 5) is 2.29. The van der Waals surface area contributed by atoms with Crippen molar-refractivity contribution in [1.29, 1.82) is 0 Å². The Bertz CT molecular complexity index is 3510. The lowest BCUT2D eigenvalue weighted by Gasteiger charge is -2.33. The molecule has 290 valence electrons. The summed E-state index contributed by atoms with van der Waals surface area (Å²) in [7, 11) is 0. The molecule has 0 spiro atoms. The molecule has 0 radical (unpaired) electrons. The Morgan fingerprint density at radius 1 is 0.371 bits per heavy atom. The second-order valence-corrected chi connectivity index (χ2v) is 16.4. The number of para-hydroxylation sites is 4. The van der Waals surface area contributed by atoms with Crippen molar-refractivity contribution in [1.82, 2.24) is 4.57 Å². The van der Waals surface area contributed by atoms with Crippen LogP contribution in [0.15, 0.2) is 231 Å². The molecule has 1 aromatic heterocycles. The fraction of sp³-hybridized carbons (Fsp3) is 0.0169. The highest BCUT2D eigenvalue weighted by molar-refractivity contribution is 6.11. The van der Waals surface area contributed by atoms with Crippen LogP contribution < -0.4 is 9.64 Å². The fourth-order valence-electron chi connectivity index (χ4n) is 10.6. The normalized spacial score (nSPS) is 13.4. The lowest BCUT2D eigenvalue weighted by molar-refractivity contribution is 0.477. The van der Waals surface area contributed by atoms with Crippen LogP contribution in [0.2, 0.25) is 0 Å². The molecular formula is C59H38N2O. The smallest absolute Gasteiger partial charge is 0.152 e. The van der Waals surface area contributed by atoms with Crippen LogP contribution in [0.25, 0.3) is 60.5 Å². The van der Waals surface area contributed by atoms with Crippen LogP contribution in [-0.4, -0.2) is 4.57 Å². The number of hydrogen-bond donors (Lipinski definition) is 0. The quantitative estimate of drug-likeness (QED) is 0.173. The van der Waals surface area contributed by atoms with Crippen molar-refractivity contribution in [2.75, 3.05) is 4.90 Å². The summed E-state index contributed by atoms with van der Waals surface area (Å²) in [5, 5.41) is 4.91. The first-order valence-corrected chi connectivity index (χ1v) is 21.3. The maximum absolute atomic E-state index is 6.62. The summed E-state index contributed by atoms with van der Waals surface area (Å²) in [6, 6.07) is 83.9. The van der Waals surface area contributed by atoms with Gasteiger partial charge < -0.3 is 14.2 Å². The maximum Gasteiger partial charge on any atom is 0.152 e. The van der Waals surface area contributed by atoms with Crippen molar-refractivity contribution in [3.05, 3.63) is 253 Å². The Morgan fingerprint density at radius 3 is 1.82 bits per heavy atom. The van der Waals surface area contributed by atoms with Gasteiger partial charge in [-0.1, -0.05) is 164 Å². The van der Waals surface area contributed by atoms with Crippen molar-refractivity contribution in [2.45, 2.75) is 5.41 Å². The molecule has 2 heterocycles. The summed E-state index contributed by atoms with van der Waals surface area (Å²) < 4.78 is 9.06. The van der Waals surface area contributed by atoms with Crippen molar-refractivity contribution >= 4 is 49.6 Å². The molecule has 62 heavy (non-hydrogen) atoms. The van der Waals surface area contributed by atoms with Gasteiger partial charge in [-0.05, 0) is 122 Å². The number of anilines is 3. The number of benzene rings is 10. The van der Waals surface area contributed by atoms with Crippen LogP contribution in [0.1, 0.15) is 22.3 Å². The molecule has 0 N–H and O–H groups in total. The van der Waals surface area contributed by atoms with E-state index in [1.807, 2.05) is 12.1 Å². The standard InChI is InChI=1S/C59H38N2O/c1-4-16-42(17-5-1)59(43-18-6-2-7-19-43)50-24-12-10-23-47(50)58-48-38-45(32-28-39(48)29-33-51(58)59)61-52-25-13-11-22-46(52)49-36-40(30-34-53(49)61)41-31-35-55-57(37-41)62-56-27-15-14-26-54(56)60(55)44-20-8-3-9-21-44/h1-38H. The molecule has 3 heteroatoms. The fourth-order valence-corrected chi connectivity index (χ4v) is 10.6. The second kappa shape index (κ2) is 13.4. The number of ether oxygens (including phenoxy) is 1. The first-order chi connectivity index (χ1) is 30.8. The van der Waals surface area contributed by atoms with E-state index in [0.29, 0.717) is 0 Å². The van der Waals surface area contributed by atoms with Crippen LogP contribution in [-0.2, 0) is 5.41 Å². The molecule has 1 aliphatic carbocycles. The Labute approximate surface area is 360 Å². The largest absolute Gasteiger partial charge is 0.453 e. The van der Waals surface area contributed by atoms with Crippen molar-refractivity contribution in [3.8, 4) is 39.4 Å². The van der Waals surface area contributed by atoms with Gasteiger partial charge in [0.05, 0.1) is 27.8 Å². The lowest BCUT2D eigenvalue weighted by atomic mass is 9.67. The third-order valence-corrected chi connectivity index (χ3v) is 13.2. The van der Waals surface area contributed by atoms with Gasteiger partial charge in [0.2, 0.25) is 0 Å². The van der Waals surface area contributed by atoms with E-state index in [1.165, 1.54) is 66.0 Å². The Morgan fingerprint density at radius 2 is 1.00 bits per heavy atom. The van der Waals surface area contributed by atoms with Crippen LogP contribution >= 0.6 is 0 Å². The monoisotopic (exact) mass is 790 g/mol. The van der Waals surface area contributed by atoms with Crippen molar-refractivity contribution in [2.24, 2.45) is 0 Å². The van der Waals surface area contributed by atoms with Gasteiger partial charge in [-0.2, -0.15) is 0 Å². The third-order valence-electron chi connectivity index (χ3n) is 13.2. The maximum atomic E-state index is 6.62. The van der Waals surface area contributed by atoms with E-state index in [-0.39, 0.29) is 0 Å². The van der Waals surface area contributed by atoms with Crippen molar-refractivity contribution in [3.63, 3.8) is 0 Å². The molecule has 0 fully saturated rings. The summed E-state index contributed by atoms with van der Waals surface area (Å²) in [5.74, 6) is 1.68. The molecule has 0 saturated heterocycles. The van der Waals surface area contributed by atoms with Gasteiger partial charge in [0.15, 0.2) is 11.5 Å². The molecule has 11 aromatic rings. The Kier molecular flexibility index (Phi) is 7.52. The third kappa shape index (κ3) is 4.94. The molecule has 2 aliphatic rings. The molecule has 10 aromatic carbocycles. The van der Waals surface area contributed by atoms with Crippen LogP contribution in [0, 0.1) is 0 Å². The first kappa shape index (κ1) is 34.7. The zero-order valence-electron chi connectivity index (χ0n) is 33.7.